The van der Waals surface area contributed by atoms with Crippen molar-refractivity contribution in [3.63, 3.8) is 0 Å². The lowest BCUT2D eigenvalue weighted by Gasteiger charge is -2.00. The van der Waals surface area contributed by atoms with E-state index in [-0.39, 0.29) is 0 Å². The summed E-state index contributed by atoms with van der Waals surface area (Å²) in [4.78, 5) is 0. The van der Waals surface area contributed by atoms with E-state index >= 15 is 0 Å². The van der Waals surface area contributed by atoms with Crippen LogP contribution in [0.15, 0.2) is 0 Å². The van der Waals surface area contributed by atoms with E-state index < -0.39 is 0 Å². The largest absolute Gasteiger partial charge is 0.379 e. The Morgan fingerprint density at radius 1 is 0.800 bits per heavy atom. The van der Waals surface area contributed by atoms with Crippen LogP contribution >= 0.6 is 0 Å². The monoisotopic (exact) mass is 218 g/mol. The molecule has 96 valence electrons. The molecule has 0 aliphatic heterocycles. The van der Waals surface area contributed by atoms with Gasteiger partial charge in [-0.1, -0.05) is 48.0 Å². The average molecular weight is 218 g/mol. The Labute approximate surface area is 98.6 Å². The van der Waals surface area contributed by atoms with Crippen LogP contribution in [0.5, 0.6) is 0 Å². The van der Waals surface area contributed by atoms with Crippen LogP contribution in [0.25, 0.3) is 0 Å². The molecule has 0 aromatic rings. The molecule has 0 N–H and O–H groups in total. The van der Waals surface area contributed by atoms with Crippen molar-refractivity contribution < 1.29 is 4.74 Å². The summed E-state index contributed by atoms with van der Waals surface area (Å²) < 4.78 is 5.04. The summed E-state index contributed by atoms with van der Waals surface area (Å²) in [5.41, 5.74) is 0. The van der Waals surface area contributed by atoms with Gasteiger partial charge in [-0.3, -0.25) is 0 Å². The molecule has 0 heterocycles. The quantitative estimate of drug-likeness (QED) is 0.637. The molecule has 0 bridgehead atoms. The van der Waals surface area contributed by atoms with E-state index in [4.69, 9.17) is 4.74 Å². The van der Waals surface area contributed by atoms with Crippen molar-refractivity contribution in [2.75, 3.05) is 6.61 Å². The van der Waals surface area contributed by atoms with Crippen molar-refractivity contribution in [2.45, 2.75) is 74.8 Å². The van der Waals surface area contributed by atoms with Crippen molar-refractivity contribution in [3.05, 3.63) is 0 Å². The van der Waals surface area contributed by atoms with Gasteiger partial charge in [0.1, 0.15) is 0 Å². The smallest absolute Gasteiger partial charge is 0.0518 e. The second kappa shape index (κ2) is 16.4. The molecule has 0 saturated carbocycles. The minimum atomic E-state index is 0.398. The highest BCUT2D eigenvalue weighted by atomic mass is 16.5. The fourth-order valence-corrected chi connectivity index (χ4v) is 0.333. The van der Waals surface area contributed by atoms with Crippen LogP contribution in [0.1, 0.15) is 68.7 Å². The Balaban J connectivity index is -0.000000147. The molecule has 1 heteroatoms. The number of hydrogen-bond donors (Lipinski definition) is 0. The first kappa shape index (κ1) is 20.4. The van der Waals surface area contributed by atoms with Crippen molar-refractivity contribution >= 4 is 0 Å². The van der Waals surface area contributed by atoms with Gasteiger partial charge >= 0.3 is 0 Å². The molecule has 0 atom stereocenters. The first-order chi connectivity index (χ1) is 6.77. The van der Waals surface area contributed by atoms with Crippen LogP contribution in [-0.4, -0.2) is 12.7 Å². The lowest BCUT2D eigenvalue weighted by atomic mass is 10.2. The summed E-state index contributed by atoms with van der Waals surface area (Å²) in [6.45, 7) is 20.0. The average Bonchev–Trinajstić information content (AvgIpc) is 2.03. The molecule has 0 aliphatic rings. The lowest BCUT2D eigenvalue weighted by Crippen LogP contribution is -1.99. The minimum absolute atomic E-state index is 0.398. The first-order valence-electron chi connectivity index (χ1n) is 6.39. The third-order valence-corrected chi connectivity index (χ3v) is 1.32. The van der Waals surface area contributed by atoms with Crippen molar-refractivity contribution in [1.82, 2.24) is 0 Å². The fourth-order valence-electron chi connectivity index (χ4n) is 0.333. The van der Waals surface area contributed by atoms with Crippen LogP contribution in [0.4, 0.5) is 0 Å². The Hall–Kier alpha value is -0.0400. The van der Waals surface area contributed by atoms with Gasteiger partial charge in [-0.05, 0) is 32.6 Å². The Kier molecular flexibility index (Phi) is 22.3. The molecule has 0 amide bonds. The maximum atomic E-state index is 5.04. The van der Waals surface area contributed by atoms with Gasteiger partial charge in [0.05, 0.1) is 6.10 Å². The van der Waals surface area contributed by atoms with Crippen molar-refractivity contribution in [3.8, 4) is 0 Å². The second-order valence-corrected chi connectivity index (χ2v) is 5.04. The van der Waals surface area contributed by atoms with E-state index in [0.717, 1.165) is 18.4 Å². The summed E-state index contributed by atoms with van der Waals surface area (Å²) >= 11 is 0. The summed E-state index contributed by atoms with van der Waals surface area (Å²) in [6, 6.07) is 0. The van der Waals surface area contributed by atoms with Crippen LogP contribution in [0.2, 0.25) is 0 Å². The van der Waals surface area contributed by atoms with Gasteiger partial charge in [0.25, 0.3) is 0 Å². The zero-order valence-corrected chi connectivity index (χ0v) is 12.6. The normalized spacial score (nSPS) is 9.60. The van der Waals surface area contributed by atoms with Gasteiger partial charge in [0.2, 0.25) is 0 Å². The number of rotatable bonds is 3. The number of ether oxygens (including phenoxy) is 1. The molecule has 1 nitrogen and oxygen atoms in total. The molecule has 0 spiro atoms. The summed E-state index contributed by atoms with van der Waals surface area (Å²) in [5, 5.41) is 0. The molecule has 0 aromatic heterocycles. The Bertz CT molecular complexity index is 82.6. The van der Waals surface area contributed by atoms with Crippen molar-refractivity contribution in [1.29, 1.82) is 0 Å². The highest BCUT2D eigenvalue weighted by Crippen LogP contribution is 1.93. The molecule has 0 radical (unpaired) electrons. The van der Waals surface area contributed by atoms with Gasteiger partial charge in [-0.25, -0.2) is 0 Å². The van der Waals surface area contributed by atoms with Gasteiger partial charge in [-0.2, -0.15) is 0 Å². The third-order valence-electron chi connectivity index (χ3n) is 1.32. The van der Waals surface area contributed by atoms with E-state index in [2.05, 4.69) is 41.5 Å². The van der Waals surface area contributed by atoms with E-state index in [0.29, 0.717) is 6.10 Å². The Morgan fingerprint density at radius 2 is 1.07 bits per heavy atom. The van der Waals surface area contributed by atoms with Crippen LogP contribution in [0.3, 0.4) is 0 Å². The van der Waals surface area contributed by atoms with E-state index in [1.165, 1.54) is 6.42 Å². The van der Waals surface area contributed by atoms with Crippen LogP contribution in [0, 0.1) is 11.8 Å². The highest BCUT2D eigenvalue weighted by molar-refractivity contribution is 4.32. The van der Waals surface area contributed by atoms with Crippen molar-refractivity contribution in [2.24, 2.45) is 11.8 Å². The topological polar surface area (TPSA) is 9.23 Å². The molecule has 0 rings (SSSR count). The third kappa shape index (κ3) is 81.2. The van der Waals surface area contributed by atoms with Gasteiger partial charge in [-0.15, -0.1) is 0 Å². The molecule has 0 unspecified atom stereocenters. The molecular weight excluding hydrogens is 184 g/mol. The maximum Gasteiger partial charge on any atom is 0.0518 e. The SMILES string of the molecule is CC(C)C.CCC(C)C.CCOC(C)C. The molecule has 0 fully saturated rings. The lowest BCUT2D eigenvalue weighted by molar-refractivity contribution is 0.0899. The zero-order valence-electron chi connectivity index (χ0n) is 12.6. The van der Waals surface area contributed by atoms with E-state index in [9.17, 15) is 0 Å². The molecule has 15 heavy (non-hydrogen) atoms. The fraction of sp³-hybridized carbons (Fsp3) is 1.00. The Morgan fingerprint density at radius 3 is 1.07 bits per heavy atom. The molecule has 0 aliphatic carbocycles. The predicted molar refractivity (Wildman–Crippen MR) is 72.4 cm³/mol. The summed E-state index contributed by atoms with van der Waals surface area (Å²) in [6.07, 6.45) is 1.70. The maximum absolute atomic E-state index is 5.04. The van der Waals surface area contributed by atoms with Gasteiger partial charge in [0.15, 0.2) is 0 Å². The van der Waals surface area contributed by atoms with Gasteiger partial charge < -0.3 is 4.74 Å². The predicted octanol–water partition coefficient (Wildman–Crippen LogP) is 5.15. The number of hydrogen-bond acceptors (Lipinski definition) is 1. The summed E-state index contributed by atoms with van der Waals surface area (Å²) in [5.74, 6) is 1.72. The minimum Gasteiger partial charge on any atom is -0.379 e. The zero-order chi connectivity index (χ0) is 12.9. The van der Waals surface area contributed by atoms with Crippen LogP contribution in [-0.2, 0) is 4.74 Å². The molecular formula is C14H34O. The molecule has 0 saturated heterocycles. The van der Waals surface area contributed by atoms with Gasteiger partial charge in [0, 0.05) is 6.61 Å². The van der Waals surface area contributed by atoms with Crippen LogP contribution < -0.4 is 0 Å². The summed E-state index contributed by atoms with van der Waals surface area (Å²) in [7, 11) is 0. The molecule has 0 aromatic carbocycles. The second-order valence-electron chi connectivity index (χ2n) is 5.04. The first-order valence-corrected chi connectivity index (χ1v) is 6.39. The standard InChI is InChI=1S/C5H12O.C5H12.C4H10/c1-4-6-5(2)3;1-4-5(2)3;1-4(2)3/h5H,4H2,1-3H3;5H,4H2,1-3H3;4H,1-3H3. The highest BCUT2D eigenvalue weighted by Gasteiger charge is 1.83. The van der Waals surface area contributed by atoms with E-state index in [1.54, 1.807) is 0 Å². The van der Waals surface area contributed by atoms with E-state index in [1.807, 2.05) is 20.8 Å².